The number of hydrogen-bond acceptors (Lipinski definition) is 3. The summed E-state index contributed by atoms with van der Waals surface area (Å²) in [6.07, 6.45) is 2.20. The van der Waals surface area contributed by atoms with Gasteiger partial charge in [-0.1, -0.05) is 12.1 Å². The van der Waals surface area contributed by atoms with E-state index in [9.17, 15) is 0 Å². The van der Waals surface area contributed by atoms with Crippen LogP contribution in [0.15, 0.2) is 18.2 Å². The van der Waals surface area contributed by atoms with E-state index in [2.05, 4.69) is 17.0 Å². The number of benzene rings is 1. The predicted molar refractivity (Wildman–Crippen MR) is 70.9 cm³/mol. The maximum Gasteiger partial charge on any atom is 0.0478 e. The smallest absolute Gasteiger partial charge is 0.0478 e. The average Bonchev–Trinajstić information content (AvgIpc) is 2.35. The van der Waals surface area contributed by atoms with Crippen molar-refractivity contribution in [2.75, 3.05) is 32.0 Å². The number of anilines is 1. The molecule has 0 radical (unpaired) electrons. The van der Waals surface area contributed by atoms with Gasteiger partial charge in [0.2, 0.25) is 0 Å². The highest BCUT2D eigenvalue weighted by Crippen LogP contribution is 2.23. The van der Waals surface area contributed by atoms with Crippen LogP contribution < -0.4 is 5.73 Å². The maximum absolute atomic E-state index is 5.99. The summed E-state index contributed by atoms with van der Waals surface area (Å²) in [7, 11) is 0. The van der Waals surface area contributed by atoms with Crippen LogP contribution in [0.3, 0.4) is 0 Å². The van der Waals surface area contributed by atoms with Crippen molar-refractivity contribution in [3.63, 3.8) is 0 Å². The van der Waals surface area contributed by atoms with Crippen LogP contribution in [-0.2, 0) is 17.7 Å². The lowest BCUT2D eigenvalue weighted by atomic mass is 9.98. The van der Waals surface area contributed by atoms with Crippen molar-refractivity contribution < 1.29 is 4.74 Å². The maximum atomic E-state index is 5.99. The van der Waals surface area contributed by atoms with Crippen molar-refractivity contribution in [3.05, 3.63) is 29.3 Å². The molecule has 1 heterocycles. The number of nitrogen functional groups attached to an aromatic ring is 1. The number of nitrogens with two attached hydrogens (primary N) is 1. The molecule has 0 atom stereocenters. The molecule has 3 nitrogen and oxygen atoms in total. The second-order valence-corrected chi connectivity index (χ2v) is 4.56. The SMILES string of the molecule is CCOCCCN1CCc2c(N)cccc2C1. The summed E-state index contributed by atoms with van der Waals surface area (Å²) < 4.78 is 5.37. The molecule has 0 bridgehead atoms. The minimum absolute atomic E-state index is 0.819. The zero-order valence-corrected chi connectivity index (χ0v) is 10.6. The molecule has 94 valence electrons. The highest BCUT2D eigenvalue weighted by Gasteiger charge is 2.16. The Morgan fingerprint density at radius 2 is 2.29 bits per heavy atom. The molecular weight excluding hydrogens is 212 g/mol. The number of hydrogen-bond donors (Lipinski definition) is 1. The van der Waals surface area contributed by atoms with Gasteiger partial charge in [0.15, 0.2) is 0 Å². The standard InChI is InChI=1S/C14H22N2O/c1-2-17-10-4-8-16-9-7-13-12(11-16)5-3-6-14(13)15/h3,5-6H,2,4,7-11,15H2,1H3. The van der Waals surface area contributed by atoms with Crippen LogP contribution in [0.1, 0.15) is 24.5 Å². The van der Waals surface area contributed by atoms with Gasteiger partial charge in [-0.2, -0.15) is 0 Å². The third kappa shape index (κ3) is 3.20. The van der Waals surface area contributed by atoms with Gasteiger partial charge in [0.25, 0.3) is 0 Å². The van der Waals surface area contributed by atoms with Gasteiger partial charge in [0, 0.05) is 38.5 Å². The molecule has 0 aliphatic carbocycles. The van der Waals surface area contributed by atoms with Gasteiger partial charge in [-0.3, -0.25) is 4.90 Å². The number of nitrogens with zero attached hydrogens (tertiary/aromatic N) is 1. The Labute approximate surface area is 104 Å². The summed E-state index contributed by atoms with van der Waals surface area (Å²) in [5, 5.41) is 0. The summed E-state index contributed by atoms with van der Waals surface area (Å²) in [5.74, 6) is 0. The van der Waals surface area contributed by atoms with Crippen molar-refractivity contribution in [1.82, 2.24) is 4.90 Å². The lowest BCUT2D eigenvalue weighted by Gasteiger charge is -2.29. The lowest BCUT2D eigenvalue weighted by molar-refractivity contribution is 0.129. The zero-order valence-electron chi connectivity index (χ0n) is 10.6. The molecule has 0 unspecified atom stereocenters. The highest BCUT2D eigenvalue weighted by molar-refractivity contribution is 5.51. The molecule has 0 spiro atoms. The summed E-state index contributed by atoms with van der Waals surface area (Å²) in [6.45, 7) is 7.00. The molecule has 1 aromatic carbocycles. The molecule has 0 saturated heterocycles. The van der Waals surface area contributed by atoms with Crippen LogP contribution in [0.2, 0.25) is 0 Å². The largest absolute Gasteiger partial charge is 0.398 e. The van der Waals surface area contributed by atoms with E-state index < -0.39 is 0 Å². The summed E-state index contributed by atoms with van der Waals surface area (Å²) in [4.78, 5) is 2.49. The fraction of sp³-hybridized carbons (Fsp3) is 0.571. The molecule has 1 aromatic rings. The zero-order chi connectivity index (χ0) is 12.1. The van der Waals surface area contributed by atoms with Crippen LogP contribution >= 0.6 is 0 Å². The van der Waals surface area contributed by atoms with E-state index >= 15 is 0 Å². The minimum Gasteiger partial charge on any atom is -0.398 e. The fourth-order valence-electron chi connectivity index (χ4n) is 2.42. The molecule has 0 saturated carbocycles. The van der Waals surface area contributed by atoms with Crippen molar-refractivity contribution >= 4 is 5.69 Å². The second-order valence-electron chi connectivity index (χ2n) is 4.56. The Balaban J connectivity index is 1.86. The van der Waals surface area contributed by atoms with E-state index in [0.717, 1.165) is 51.4 Å². The Hall–Kier alpha value is -1.06. The summed E-state index contributed by atoms with van der Waals surface area (Å²) in [6, 6.07) is 6.25. The molecule has 2 N–H and O–H groups in total. The molecule has 2 rings (SSSR count). The third-order valence-corrected chi connectivity index (χ3v) is 3.35. The van der Waals surface area contributed by atoms with E-state index in [0.29, 0.717) is 0 Å². The van der Waals surface area contributed by atoms with Gasteiger partial charge in [-0.25, -0.2) is 0 Å². The normalized spacial score (nSPS) is 15.8. The number of fused-ring (bicyclic) bond motifs is 1. The van der Waals surface area contributed by atoms with Gasteiger partial charge in [0.05, 0.1) is 0 Å². The second kappa shape index (κ2) is 6.03. The predicted octanol–water partition coefficient (Wildman–Crippen LogP) is 2.05. The Morgan fingerprint density at radius 1 is 1.41 bits per heavy atom. The topological polar surface area (TPSA) is 38.5 Å². The third-order valence-electron chi connectivity index (χ3n) is 3.35. The van der Waals surface area contributed by atoms with Crippen molar-refractivity contribution in [2.24, 2.45) is 0 Å². The van der Waals surface area contributed by atoms with Crippen molar-refractivity contribution in [2.45, 2.75) is 26.3 Å². The quantitative estimate of drug-likeness (QED) is 0.626. The Morgan fingerprint density at radius 3 is 3.12 bits per heavy atom. The molecular formula is C14H22N2O. The molecule has 1 aliphatic heterocycles. The summed E-state index contributed by atoms with van der Waals surface area (Å²) in [5.41, 5.74) is 9.69. The molecule has 0 aromatic heterocycles. The van der Waals surface area contributed by atoms with Crippen molar-refractivity contribution in [3.8, 4) is 0 Å². The van der Waals surface area contributed by atoms with Gasteiger partial charge in [-0.05, 0) is 37.0 Å². The summed E-state index contributed by atoms with van der Waals surface area (Å²) >= 11 is 0. The van der Waals surface area contributed by atoms with E-state index in [-0.39, 0.29) is 0 Å². The van der Waals surface area contributed by atoms with Gasteiger partial charge >= 0.3 is 0 Å². The van der Waals surface area contributed by atoms with Crippen LogP contribution in [-0.4, -0.2) is 31.2 Å². The van der Waals surface area contributed by atoms with E-state index in [1.54, 1.807) is 0 Å². The molecule has 17 heavy (non-hydrogen) atoms. The van der Waals surface area contributed by atoms with Crippen LogP contribution in [0.25, 0.3) is 0 Å². The number of rotatable bonds is 5. The Bertz CT molecular complexity index is 365. The molecule has 0 amide bonds. The van der Waals surface area contributed by atoms with Gasteiger partial charge in [0.1, 0.15) is 0 Å². The lowest BCUT2D eigenvalue weighted by Crippen LogP contribution is -2.32. The first-order valence-corrected chi connectivity index (χ1v) is 6.47. The monoisotopic (exact) mass is 234 g/mol. The first-order valence-electron chi connectivity index (χ1n) is 6.47. The van der Waals surface area contributed by atoms with Crippen LogP contribution in [0, 0.1) is 0 Å². The highest BCUT2D eigenvalue weighted by atomic mass is 16.5. The van der Waals surface area contributed by atoms with Gasteiger partial charge in [-0.15, -0.1) is 0 Å². The first kappa shape index (κ1) is 12.4. The fourth-order valence-corrected chi connectivity index (χ4v) is 2.42. The van der Waals surface area contributed by atoms with Crippen LogP contribution in [0.4, 0.5) is 5.69 Å². The molecule has 1 aliphatic rings. The molecule has 3 heteroatoms. The van der Waals surface area contributed by atoms with E-state index in [1.165, 1.54) is 11.1 Å². The van der Waals surface area contributed by atoms with Crippen LogP contribution in [0.5, 0.6) is 0 Å². The van der Waals surface area contributed by atoms with E-state index in [1.807, 2.05) is 13.0 Å². The van der Waals surface area contributed by atoms with E-state index in [4.69, 9.17) is 10.5 Å². The van der Waals surface area contributed by atoms with Gasteiger partial charge < -0.3 is 10.5 Å². The van der Waals surface area contributed by atoms with Crippen molar-refractivity contribution in [1.29, 1.82) is 0 Å². The minimum atomic E-state index is 0.819. The number of ether oxygens (including phenoxy) is 1. The first-order chi connectivity index (χ1) is 8.31. The average molecular weight is 234 g/mol. The Kier molecular flexibility index (Phi) is 4.40. The molecule has 0 fully saturated rings.